The first kappa shape index (κ1) is 23.1. The van der Waals surface area contributed by atoms with Gasteiger partial charge >= 0.3 is 0 Å². The second kappa shape index (κ2) is 10.5. The molecule has 0 bridgehead atoms. The zero-order valence-corrected chi connectivity index (χ0v) is 18.4. The smallest absolute Gasteiger partial charge is 0.279 e. The number of anilines is 1. The van der Waals surface area contributed by atoms with Crippen LogP contribution in [-0.2, 0) is 14.8 Å². The second-order valence-electron chi connectivity index (χ2n) is 7.28. The largest absolute Gasteiger partial charge is 0.332 e. The molecular weight excluding hydrogens is 386 g/mol. The number of nitrogens with zero attached hydrogens (tertiary/aromatic N) is 1. The summed E-state index contributed by atoms with van der Waals surface area (Å²) in [5.74, 6) is 0.265. The predicted octanol–water partition coefficient (Wildman–Crippen LogP) is 2.62. The van der Waals surface area contributed by atoms with Gasteiger partial charge in [-0.1, -0.05) is 58.0 Å². The van der Waals surface area contributed by atoms with Crippen LogP contribution in [0.3, 0.4) is 0 Å². The molecular formula is C22H32N3O3S+. The molecule has 0 radical (unpaired) electrons. The van der Waals surface area contributed by atoms with Crippen molar-refractivity contribution in [3.8, 4) is 0 Å². The first-order chi connectivity index (χ1) is 13.8. The molecule has 1 amide bonds. The molecule has 3 N–H and O–H groups in total. The van der Waals surface area contributed by atoms with Crippen molar-refractivity contribution in [1.82, 2.24) is 4.31 Å². The molecule has 29 heavy (non-hydrogen) atoms. The molecule has 0 unspecified atom stereocenters. The minimum atomic E-state index is -3.49. The molecule has 0 aliphatic rings. The molecule has 1 atom stereocenters. The van der Waals surface area contributed by atoms with Crippen LogP contribution in [0.2, 0.25) is 0 Å². The summed E-state index contributed by atoms with van der Waals surface area (Å²) in [6, 6.07) is 16.7. The second-order valence-corrected chi connectivity index (χ2v) is 9.22. The number of hydrogen-bond donors (Lipinski definition) is 2. The highest BCUT2D eigenvalue weighted by Crippen LogP contribution is 2.19. The highest BCUT2D eigenvalue weighted by Gasteiger charge is 2.22. The van der Waals surface area contributed by atoms with E-state index in [4.69, 9.17) is 0 Å². The summed E-state index contributed by atoms with van der Waals surface area (Å²) < 4.78 is 26.5. The van der Waals surface area contributed by atoms with E-state index in [1.54, 1.807) is 12.1 Å². The maximum Gasteiger partial charge on any atom is 0.279 e. The average Bonchev–Trinajstić information content (AvgIpc) is 2.70. The zero-order chi connectivity index (χ0) is 21.4. The van der Waals surface area contributed by atoms with Crippen molar-refractivity contribution in [1.29, 1.82) is 0 Å². The third-order valence-corrected chi connectivity index (χ3v) is 7.01. The van der Waals surface area contributed by atoms with E-state index in [0.717, 1.165) is 0 Å². The van der Waals surface area contributed by atoms with Crippen LogP contribution in [0.25, 0.3) is 0 Å². The third-order valence-electron chi connectivity index (χ3n) is 4.94. The Morgan fingerprint density at radius 2 is 1.59 bits per heavy atom. The lowest BCUT2D eigenvalue weighted by atomic mass is 9.96. The normalized spacial score (nSPS) is 12.9. The summed E-state index contributed by atoms with van der Waals surface area (Å²) >= 11 is 0. The van der Waals surface area contributed by atoms with Crippen LogP contribution in [0, 0.1) is 5.92 Å². The van der Waals surface area contributed by atoms with E-state index in [1.807, 2.05) is 37.4 Å². The van der Waals surface area contributed by atoms with Crippen molar-refractivity contribution < 1.29 is 18.5 Å². The van der Waals surface area contributed by atoms with Crippen LogP contribution in [0.5, 0.6) is 0 Å². The van der Waals surface area contributed by atoms with E-state index < -0.39 is 10.0 Å². The van der Waals surface area contributed by atoms with Gasteiger partial charge in [-0.05, 0) is 24.3 Å². The van der Waals surface area contributed by atoms with Gasteiger partial charge in [0.1, 0.15) is 6.04 Å². The maximum atomic E-state index is 12.5. The maximum absolute atomic E-state index is 12.5. The number of nitrogens with one attached hydrogen (secondary N) is 1. The molecule has 0 saturated carbocycles. The van der Waals surface area contributed by atoms with Gasteiger partial charge in [-0.3, -0.25) is 4.79 Å². The van der Waals surface area contributed by atoms with Crippen LogP contribution in [0.15, 0.2) is 59.5 Å². The lowest BCUT2D eigenvalue weighted by molar-refractivity contribution is -0.692. The molecule has 6 nitrogen and oxygen atoms in total. The van der Waals surface area contributed by atoms with Crippen LogP contribution in [0.4, 0.5) is 5.69 Å². The zero-order valence-electron chi connectivity index (χ0n) is 17.6. The van der Waals surface area contributed by atoms with Crippen molar-refractivity contribution in [2.45, 2.75) is 38.6 Å². The highest BCUT2D eigenvalue weighted by atomic mass is 32.2. The van der Waals surface area contributed by atoms with E-state index in [2.05, 4.69) is 31.3 Å². The Bertz CT molecular complexity index is 877. The van der Waals surface area contributed by atoms with Crippen LogP contribution >= 0.6 is 0 Å². The van der Waals surface area contributed by atoms with E-state index in [-0.39, 0.29) is 23.4 Å². The van der Waals surface area contributed by atoms with Gasteiger partial charge in [0, 0.05) is 30.3 Å². The Kier molecular flexibility index (Phi) is 8.37. The van der Waals surface area contributed by atoms with Crippen LogP contribution in [-0.4, -0.2) is 38.3 Å². The summed E-state index contributed by atoms with van der Waals surface area (Å²) in [5.41, 5.74) is 1.78. The van der Waals surface area contributed by atoms with E-state index in [9.17, 15) is 13.2 Å². The molecule has 0 aliphatic heterocycles. The standard InChI is InChI=1S/C22H31N3O3S/c1-5-25(6-2)29(27,28)20-14-12-19(13-15-20)24-21(26)16-23-22(17(3)4)18-10-8-7-9-11-18/h7-15,17,22-23H,5-6,16H2,1-4H3,(H,24,26)/p+1/t22-/m1/s1. The Morgan fingerprint density at radius 3 is 2.10 bits per heavy atom. The molecule has 2 aromatic rings. The average molecular weight is 419 g/mol. The van der Waals surface area contributed by atoms with Gasteiger partial charge in [0.25, 0.3) is 5.91 Å². The lowest BCUT2D eigenvalue weighted by Crippen LogP contribution is -2.88. The molecule has 158 valence electrons. The molecule has 7 heteroatoms. The van der Waals surface area contributed by atoms with Gasteiger partial charge in [-0.2, -0.15) is 4.31 Å². The lowest BCUT2D eigenvalue weighted by Gasteiger charge is -2.19. The van der Waals surface area contributed by atoms with Gasteiger partial charge in [0.05, 0.1) is 4.90 Å². The Labute approximate surface area is 174 Å². The summed E-state index contributed by atoms with van der Waals surface area (Å²) in [7, 11) is -3.49. The first-order valence-corrected chi connectivity index (χ1v) is 11.5. The van der Waals surface area contributed by atoms with Crippen LogP contribution < -0.4 is 10.6 Å². The third kappa shape index (κ3) is 6.13. The number of quaternary nitrogens is 1. The Morgan fingerprint density at radius 1 is 1.00 bits per heavy atom. The SMILES string of the molecule is CCN(CC)S(=O)(=O)c1ccc(NC(=O)C[NH2+][C@@H](c2ccccc2)C(C)C)cc1. The number of carbonyl (C=O) groups excluding carboxylic acids is 1. The fraction of sp³-hybridized carbons (Fsp3) is 0.409. The monoisotopic (exact) mass is 418 g/mol. The number of nitrogens with two attached hydrogens (primary N) is 1. The number of benzene rings is 2. The van der Waals surface area contributed by atoms with Gasteiger partial charge in [-0.15, -0.1) is 0 Å². The molecule has 0 spiro atoms. The topological polar surface area (TPSA) is 83.1 Å². The summed E-state index contributed by atoms with van der Waals surface area (Å²) in [6.07, 6.45) is 0. The Hall–Kier alpha value is -2.22. The minimum absolute atomic E-state index is 0.120. The number of sulfonamides is 1. The van der Waals surface area contributed by atoms with Crippen LogP contribution in [0.1, 0.15) is 39.3 Å². The van der Waals surface area contributed by atoms with Gasteiger partial charge in [0.15, 0.2) is 6.54 Å². The van der Waals surface area contributed by atoms with Crippen molar-refractivity contribution in [2.24, 2.45) is 5.92 Å². The fourth-order valence-electron chi connectivity index (χ4n) is 3.34. The first-order valence-electron chi connectivity index (χ1n) is 10.1. The van der Waals surface area contributed by atoms with E-state index in [0.29, 0.717) is 24.7 Å². The molecule has 2 aromatic carbocycles. The highest BCUT2D eigenvalue weighted by molar-refractivity contribution is 7.89. The van der Waals surface area contributed by atoms with Crippen molar-refractivity contribution >= 4 is 21.6 Å². The molecule has 0 aliphatic carbocycles. The van der Waals surface area contributed by atoms with Crippen molar-refractivity contribution in [2.75, 3.05) is 25.0 Å². The molecule has 2 rings (SSSR count). The van der Waals surface area contributed by atoms with Gasteiger partial charge in [-0.25, -0.2) is 8.42 Å². The summed E-state index contributed by atoms with van der Waals surface area (Å²) in [4.78, 5) is 12.6. The predicted molar refractivity (Wildman–Crippen MR) is 116 cm³/mol. The number of hydrogen-bond acceptors (Lipinski definition) is 3. The Balaban J connectivity index is 1.99. The summed E-state index contributed by atoms with van der Waals surface area (Å²) in [6.45, 7) is 9.04. The fourth-order valence-corrected chi connectivity index (χ4v) is 4.80. The van der Waals surface area contributed by atoms with E-state index in [1.165, 1.54) is 22.0 Å². The van der Waals surface area contributed by atoms with Crippen molar-refractivity contribution in [3.63, 3.8) is 0 Å². The molecule has 0 saturated heterocycles. The van der Waals surface area contributed by atoms with E-state index >= 15 is 0 Å². The number of amides is 1. The molecule has 0 fully saturated rings. The van der Waals surface area contributed by atoms with Gasteiger partial charge < -0.3 is 10.6 Å². The molecule has 0 aromatic heterocycles. The quantitative estimate of drug-likeness (QED) is 0.622. The number of carbonyl (C=O) groups is 1. The minimum Gasteiger partial charge on any atom is -0.332 e. The van der Waals surface area contributed by atoms with Crippen molar-refractivity contribution in [3.05, 3.63) is 60.2 Å². The number of rotatable bonds is 10. The summed E-state index contributed by atoms with van der Waals surface area (Å²) in [5, 5.41) is 4.88. The van der Waals surface area contributed by atoms with Gasteiger partial charge in [0.2, 0.25) is 10.0 Å². The molecule has 0 heterocycles.